The Hall–Kier alpha value is -2.63. The molecule has 1 fully saturated rings. The first-order chi connectivity index (χ1) is 12.0. The van der Waals surface area contributed by atoms with E-state index in [1.807, 2.05) is 31.2 Å². The highest BCUT2D eigenvalue weighted by Gasteiger charge is 2.28. The number of aliphatic carboxylic acids is 1. The molecular weight excluding hydrogens is 320 g/mol. The third-order valence-electron chi connectivity index (χ3n) is 4.57. The van der Waals surface area contributed by atoms with Gasteiger partial charge in [-0.2, -0.15) is 0 Å². The summed E-state index contributed by atoms with van der Waals surface area (Å²) in [6.45, 7) is 2.95. The number of aryl methyl sites for hydroxylation is 2. The minimum absolute atomic E-state index is 0.0407. The van der Waals surface area contributed by atoms with Crippen molar-refractivity contribution in [1.29, 1.82) is 0 Å². The zero-order valence-electron chi connectivity index (χ0n) is 14.3. The molecule has 0 aliphatic carbocycles. The first-order valence-electron chi connectivity index (χ1n) is 8.55. The van der Waals surface area contributed by atoms with Gasteiger partial charge in [-0.25, -0.2) is 4.98 Å². The summed E-state index contributed by atoms with van der Waals surface area (Å²) < 4.78 is 5.73. The number of hydrogen-bond donors (Lipinski definition) is 1. The van der Waals surface area contributed by atoms with Crippen molar-refractivity contribution in [2.75, 3.05) is 13.1 Å². The van der Waals surface area contributed by atoms with Gasteiger partial charge in [0.15, 0.2) is 11.7 Å². The maximum absolute atomic E-state index is 12.3. The fourth-order valence-corrected chi connectivity index (χ4v) is 3.05. The average molecular weight is 342 g/mol. The van der Waals surface area contributed by atoms with Gasteiger partial charge >= 0.3 is 5.97 Å². The first-order valence-corrected chi connectivity index (χ1v) is 8.55. The number of carboxylic acids is 1. The maximum Gasteiger partial charge on any atom is 0.308 e. The number of likely N-dealkylation sites (tertiary alicyclic amines) is 1. The summed E-state index contributed by atoms with van der Waals surface area (Å²) in [4.78, 5) is 29.3. The molecule has 0 spiro atoms. The number of aromatic nitrogens is 1. The number of oxazole rings is 1. The molecule has 3 rings (SSSR count). The highest BCUT2D eigenvalue weighted by Crippen LogP contribution is 2.22. The number of amides is 1. The lowest BCUT2D eigenvalue weighted by molar-refractivity contribution is -0.145. The van der Waals surface area contributed by atoms with Crippen LogP contribution >= 0.6 is 0 Å². The van der Waals surface area contributed by atoms with E-state index in [4.69, 9.17) is 9.52 Å². The molecule has 1 unspecified atom stereocenters. The quantitative estimate of drug-likeness (QED) is 0.903. The zero-order valence-corrected chi connectivity index (χ0v) is 14.3. The lowest BCUT2D eigenvalue weighted by Gasteiger charge is -2.30. The molecule has 132 valence electrons. The predicted octanol–water partition coefficient (Wildman–Crippen LogP) is 2.91. The summed E-state index contributed by atoms with van der Waals surface area (Å²) in [6, 6.07) is 7.97. The molecule has 1 aliphatic rings. The summed E-state index contributed by atoms with van der Waals surface area (Å²) in [6.07, 6.45) is 3.74. The fraction of sp³-hybridized carbons (Fsp3) is 0.421. The Morgan fingerprint density at radius 1 is 1.32 bits per heavy atom. The summed E-state index contributed by atoms with van der Waals surface area (Å²) in [5.41, 5.74) is 2.13. The Kier molecular flexibility index (Phi) is 5.16. The monoisotopic (exact) mass is 342 g/mol. The van der Waals surface area contributed by atoms with E-state index in [1.54, 1.807) is 11.1 Å². The van der Waals surface area contributed by atoms with Crippen molar-refractivity contribution in [2.24, 2.45) is 5.92 Å². The number of carboxylic acid groups (broad SMARTS) is 1. The van der Waals surface area contributed by atoms with Crippen LogP contribution < -0.4 is 0 Å². The van der Waals surface area contributed by atoms with Crippen LogP contribution in [0.1, 0.15) is 30.7 Å². The molecule has 1 amide bonds. The van der Waals surface area contributed by atoms with Crippen LogP contribution in [0.5, 0.6) is 0 Å². The molecule has 1 saturated heterocycles. The predicted molar refractivity (Wildman–Crippen MR) is 91.9 cm³/mol. The van der Waals surface area contributed by atoms with E-state index in [0.717, 1.165) is 12.0 Å². The van der Waals surface area contributed by atoms with Crippen LogP contribution in [0.15, 0.2) is 34.9 Å². The molecule has 25 heavy (non-hydrogen) atoms. The Morgan fingerprint density at radius 2 is 2.08 bits per heavy atom. The van der Waals surface area contributed by atoms with Crippen LogP contribution in [0.2, 0.25) is 0 Å². The summed E-state index contributed by atoms with van der Waals surface area (Å²) >= 11 is 0. The van der Waals surface area contributed by atoms with E-state index in [2.05, 4.69) is 4.98 Å². The van der Waals surface area contributed by atoms with Gasteiger partial charge in [-0.05, 0) is 19.8 Å². The van der Waals surface area contributed by atoms with Crippen molar-refractivity contribution >= 4 is 11.9 Å². The Bertz CT molecular complexity index is 751. The van der Waals surface area contributed by atoms with Crippen LogP contribution in [0.4, 0.5) is 0 Å². The van der Waals surface area contributed by atoms with Crippen molar-refractivity contribution in [1.82, 2.24) is 9.88 Å². The van der Waals surface area contributed by atoms with E-state index in [0.29, 0.717) is 37.6 Å². The summed E-state index contributed by atoms with van der Waals surface area (Å²) in [5, 5.41) is 9.11. The second kappa shape index (κ2) is 7.51. The van der Waals surface area contributed by atoms with Gasteiger partial charge in [0.05, 0.1) is 12.1 Å². The number of nitrogens with zero attached hydrogens (tertiary/aromatic N) is 2. The van der Waals surface area contributed by atoms with Crippen LogP contribution in [0.25, 0.3) is 11.3 Å². The molecule has 2 heterocycles. The molecule has 6 heteroatoms. The molecule has 0 saturated carbocycles. The zero-order chi connectivity index (χ0) is 17.8. The third-order valence-corrected chi connectivity index (χ3v) is 4.57. The van der Waals surface area contributed by atoms with E-state index >= 15 is 0 Å². The van der Waals surface area contributed by atoms with E-state index in [1.165, 1.54) is 5.56 Å². The normalized spacial score (nSPS) is 17.5. The Labute approximate surface area is 146 Å². The standard InChI is InChI=1S/C19H22N2O4/c1-13-4-6-14(7-5-13)16-11-20-17(25-16)8-9-18(22)21-10-2-3-15(12-21)19(23)24/h4-7,11,15H,2-3,8-10,12H2,1H3,(H,23,24). The SMILES string of the molecule is Cc1ccc(-c2cnc(CCC(=O)N3CCCC(C(=O)O)C3)o2)cc1. The topological polar surface area (TPSA) is 83.6 Å². The number of piperidine rings is 1. The highest BCUT2D eigenvalue weighted by atomic mass is 16.4. The van der Waals surface area contributed by atoms with Gasteiger partial charge in [-0.3, -0.25) is 9.59 Å². The Balaban J connectivity index is 1.56. The van der Waals surface area contributed by atoms with E-state index < -0.39 is 11.9 Å². The number of rotatable bonds is 5. The van der Waals surface area contributed by atoms with Crippen LogP contribution in [-0.4, -0.2) is 40.0 Å². The smallest absolute Gasteiger partial charge is 0.308 e. The minimum Gasteiger partial charge on any atom is -0.481 e. The fourth-order valence-electron chi connectivity index (χ4n) is 3.05. The maximum atomic E-state index is 12.3. The van der Waals surface area contributed by atoms with Gasteiger partial charge in [0, 0.05) is 31.5 Å². The molecule has 1 aliphatic heterocycles. The molecule has 1 atom stereocenters. The molecule has 1 N–H and O–H groups in total. The van der Waals surface area contributed by atoms with Gasteiger partial charge in [-0.1, -0.05) is 29.8 Å². The average Bonchev–Trinajstić information content (AvgIpc) is 3.09. The Morgan fingerprint density at radius 3 is 2.80 bits per heavy atom. The highest BCUT2D eigenvalue weighted by molar-refractivity contribution is 5.78. The number of carbonyl (C=O) groups excluding carboxylic acids is 1. The van der Waals surface area contributed by atoms with Gasteiger partial charge in [0.1, 0.15) is 0 Å². The molecule has 2 aromatic rings. The molecular formula is C19H22N2O4. The number of benzene rings is 1. The second-order valence-electron chi connectivity index (χ2n) is 6.50. The van der Waals surface area contributed by atoms with Crippen molar-refractivity contribution < 1.29 is 19.1 Å². The largest absolute Gasteiger partial charge is 0.481 e. The number of carbonyl (C=O) groups is 2. The molecule has 6 nitrogen and oxygen atoms in total. The molecule has 0 radical (unpaired) electrons. The van der Waals surface area contributed by atoms with Gasteiger partial charge in [0.2, 0.25) is 5.91 Å². The summed E-state index contributed by atoms with van der Waals surface area (Å²) in [7, 11) is 0. The van der Waals surface area contributed by atoms with Gasteiger partial charge in [-0.15, -0.1) is 0 Å². The molecule has 0 bridgehead atoms. The van der Waals surface area contributed by atoms with Gasteiger partial charge < -0.3 is 14.4 Å². The van der Waals surface area contributed by atoms with Crippen LogP contribution in [0, 0.1) is 12.8 Å². The molecule has 1 aromatic heterocycles. The summed E-state index contributed by atoms with van der Waals surface area (Å²) in [5.74, 6) is -0.108. The minimum atomic E-state index is -0.826. The van der Waals surface area contributed by atoms with Crippen molar-refractivity contribution in [3.63, 3.8) is 0 Å². The first kappa shape index (κ1) is 17.2. The van der Waals surface area contributed by atoms with Crippen molar-refractivity contribution in [2.45, 2.75) is 32.6 Å². The lowest BCUT2D eigenvalue weighted by Crippen LogP contribution is -2.42. The van der Waals surface area contributed by atoms with Crippen molar-refractivity contribution in [3.8, 4) is 11.3 Å². The van der Waals surface area contributed by atoms with Crippen molar-refractivity contribution in [3.05, 3.63) is 41.9 Å². The van der Waals surface area contributed by atoms with Gasteiger partial charge in [0.25, 0.3) is 0 Å². The van der Waals surface area contributed by atoms with Crippen LogP contribution in [0.3, 0.4) is 0 Å². The lowest BCUT2D eigenvalue weighted by atomic mass is 9.98. The van der Waals surface area contributed by atoms with Crippen LogP contribution in [-0.2, 0) is 16.0 Å². The third kappa shape index (κ3) is 4.26. The van der Waals surface area contributed by atoms with E-state index in [-0.39, 0.29) is 12.3 Å². The molecule has 1 aromatic carbocycles. The number of hydrogen-bond acceptors (Lipinski definition) is 4. The van der Waals surface area contributed by atoms with E-state index in [9.17, 15) is 9.59 Å². The second-order valence-corrected chi connectivity index (χ2v) is 6.50.